The van der Waals surface area contributed by atoms with E-state index in [9.17, 15) is 41.0 Å². The van der Waals surface area contributed by atoms with Crippen molar-refractivity contribution < 1.29 is 41.0 Å². The molecule has 2 aromatic rings. The number of hydrogen-bond donors (Lipinski definition) is 1. The van der Waals surface area contributed by atoms with Crippen LogP contribution in [0.3, 0.4) is 0 Å². The van der Waals surface area contributed by atoms with Crippen molar-refractivity contribution in [3.05, 3.63) is 40.1 Å². The number of halogens is 6. The number of phenols is 1. The molecule has 1 N–H and O–H groups in total. The maximum absolute atomic E-state index is 13.0. The number of carbonyl (C=O) groups is 1. The van der Waals surface area contributed by atoms with Crippen molar-refractivity contribution in [3.63, 3.8) is 0 Å². The van der Waals surface area contributed by atoms with Crippen molar-refractivity contribution in [1.82, 2.24) is 14.3 Å². The average molecular weight is 413 g/mol. The topological polar surface area (TPSA) is 86.3 Å². The molecule has 0 fully saturated rings. The summed E-state index contributed by atoms with van der Waals surface area (Å²) in [4.78, 5) is 24.2. The van der Waals surface area contributed by atoms with E-state index in [1.807, 2.05) is 0 Å². The Morgan fingerprint density at radius 3 is 2.11 bits per heavy atom. The Morgan fingerprint density at radius 1 is 1.07 bits per heavy atom. The summed E-state index contributed by atoms with van der Waals surface area (Å²) in [6, 6.07) is -0.157. The van der Waals surface area contributed by atoms with Crippen LogP contribution in [-0.2, 0) is 17.1 Å². The minimum Gasteiger partial charge on any atom is -0.505 e. The van der Waals surface area contributed by atoms with Crippen molar-refractivity contribution in [2.45, 2.75) is 38.7 Å². The highest BCUT2D eigenvalue weighted by Gasteiger charge is 2.40. The minimum absolute atomic E-state index is 0.0955. The van der Waals surface area contributed by atoms with Crippen LogP contribution in [0.25, 0.3) is 5.69 Å². The van der Waals surface area contributed by atoms with Crippen molar-refractivity contribution in [1.29, 1.82) is 0 Å². The number of alkyl halides is 6. The van der Waals surface area contributed by atoms with Gasteiger partial charge >= 0.3 is 24.1 Å². The van der Waals surface area contributed by atoms with E-state index in [4.69, 9.17) is 4.74 Å². The SMILES string of the molecule is CC(C)(C)OC(=O)n1ncn(-c2cc(C(F)(F)F)cc(C(F)(F)F)c2O)c1=O. The van der Waals surface area contributed by atoms with Gasteiger partial charge in [-0.15, -0.1) is 9.78 Å². The van der Waals surface area contributed by atoms with Gasteiger partial charge in [0, 0.05) is 0 Å². The lowest BCUT2D eigenvalue weighted by atomic mass is 10.1. The van der Waals surface area contributed by atoms with E-state index in [0.717, 1.165) is 0 Å². The lowest BCUT2D eigenvalue weighted by Crippen LogP contribution is -2.35. The Balaban J connectivity index is 2.69. The second kappa shape index (κ2) is 6.56. The highest BCUT2D eigenvalue weighted by molar-refractivity contribution is 5.69. The normalized spacial score (nSPS) is 12.9. The Labute approximate surface area is 152 Å². The molecule has 1 aromatic carbocycles. The van der Waals surface area contributed by atoms with Gasteiger partial charge in [-0.2, -0.15) is 26.3 Å². The van der Waals surface area contributed by atoms with E-state index in [1.165, 1.54) is 20.8 Å². The molecule has 0 aliphatic carbocycles. The fourth-order valence-corrected chi connectivity index (χ4v) is 2.08. The first kappa shape index (κ1) is 21.3. The first-order chi connectivity index (χ1) is 12.5. The zero-order valence-electron chi connectivity index (χ0n) is 14.5. The smallest absolute Gasteiger partial charge is 0.439 e. The van der Waals surface area contributed by atoms with Gasteiger partial charge in [-0.1, -0.05) is 0 Å². The molecule has 2 rings (SSSR count). The largest absolute Gasteiger partial charge is 0.505 e. The zero-order valence-corrected chi connectivity index (χ0v) is 14.5. The van der Waals surface area contributed by atoms with Crippen LogP contribution in [0.4, 0.5) is 31.1 Å². The average Bonchev–Trinajstić information content (AvgIpc) is 2.85. The predicted molar refractivity (Wildman–Crippen MR) is 81.1 cm³/mol. The fourth-order valence-electron chi connectivity index (χ4n) is 2.08. The summed E-state index contributed by atoms with van der Waals surface area (Å²) in [5, 5.41) is 13.1. The van der Waals surface area contributed by atoms with Gasteiger partial charge in [0.25, 0.3) is 0 Å². The van der Waals surface area contributed by atoms with Crippen LogP contribution in [0.15, 0.2) is 23.3 Å². The Kier molecular flexibility index (Phi) is 5.00. The summed E-state index contributed by atoms with van der Waals surface area (Å²) in [7, 11) is 0. The molecule has 1 aromatic heterocycles. The first-order valence-electron chi connectivity index (χ1n) is 7.44. The molecule has 13 heteroatoms. The molecule has 7 nitrogen and oxygen atoms in total. The predicted octanol–water partition coefficient (Wildman–Crippen LogP) is 3.56. The molecule has 154 valence electrons. The summed E-state index contributed by atoms with van der Waals surface area (Å²) in [6.07, 6.45) is -11.4. The number of aromatic hydroxyl groups is 1. The number of aromatic nitrogens is 3. The highest BCUT2D eigenvalue weighted by atomic mass is 19.4. The van der Waals surface area contributed by atoms with Crippen molar-refractivity contribution in [3.8, 4) is 11.4 Å². The molecule has 0 saturated carbocycles. The van der Waals surface area contributed by atoms with Crippen LogP contribution in [0, 0.1) is 0 Å². The third-order valence-corrected chi connectivity index (χ3v) is 3.22. The number of nitrogens with zero attached hydrogens (tertiary/aromatic N) is 3. The number of ether oxygens (including phenoxy) is 1. The second-order valence-corrected chi connectivity index (χ2v) is 6.56. The van der Waals surface area contributed by atoms with Gasteiger partial charge < -0.3 is 9.84 Å². The molecule has 1 heterocycles. The van der Waals surface area contributed by atoms with Crippen LogP contribution in [-0.4, -0.2) is 31.1 Å². The molecule has 0 aliphatic heterocycles. The third-order valence-electron chi connectivity index (χ3n) is 3.22. The highest BCUT2D eigenvalue weighted by Crippen LogP contribution is 2.42. The Hall–Kier alpha value is -2.99. The van der Waals surface area contributed by atoms with Crippen LogP contribution >= 0.6 is 0 Å². The van der Waals surface area contributed by atoms with Crippen molar-refractivity contribution >= 4 is 6.09 Å². The number of phenolic OH excluding ortho intramolecular Hbond substituents is 1. The summed E-state index contributed by atoms with van der Waals surface area (Å²) in [6.45, 7) is 4.38. The molecule has 0 aliphatic rings. The zero-order chi connectivity index (χ0) is 21.7. The molecular formula is C15H13F6N3O4. The summed E-state index contributed by atoms with van der Waals surface area (Å²) in [5.41, 5.74) is -7.40. The number of hydrogen-bond acceptors (Lipinski definition) is 5. The van der Waals surface area contributed by atoms with E-state index in [-0.39, 0.29) is 21.4 Å². The molecule has 0 unspecified atom stereocenters. The van der Waals surface area contributed by atoms with Gasteiger partial charge in [-0.25, -0.2) is 14.2 Å². The second-order valence-electron chi connectivity index (χ2n) is 6.56. The van der Waals surface area contributed by atoms with Gasteiger partial charge in [0.2, 0.25) is 0 Å². The van der Waals surface area contributed by atoms with E-state index in [1.54, 1.807) is 0 Å². The standard InChI is InChI=1S/C15H13F6N3O4/c1-13(2,3)28-12(27)24-11(26)23(6-22-24)9-5-7(14(16,17)18)4-8(10(9)25)15(19,20)21/h4-6,25H,1-3H3. The van der Waals surface area contributed by atoms with E-state index in [0.29, 0.717) is 6.33 Å². The molecule has 0 radical (unpaired) electrons. The molecule has 0 atom stereocenters. The number of rotatable bonds is 1. The third kappa shape index (κ3) is 4.28. The monoisotopic (exact) mass is 413 g/mol. The molecule has 28 heavy (non-hydrogen) atoms. The van der Waals surface area contributed by atoms with Gasteiger partial charge in [-0.05, 0) is 32.9 Å². The summed E-state index contributed by atoms with van der Waals surface area (Å²) in [5.74, 6) is -1.63. The van der Waals surface area contributed by atoms with Crippen molar-refractivity contribution in [2.75, 3.05) is 0 Å². The molecule has 0 saturated heterocycles. The summed E-state index contributed by atoms with van der Waals surface area (Å²) >= 11 is 0. The quantitative estimate of drug-likeness (QED) is 0.723. The number of carbonyl (C=O) groups excluding carboxylic acids is 1. The van der Waals surface area contributed by atoms with Crippen LogP contribution in [0.5, 0.6) is 5.75 Å². The lowest BCUT2D eigenvalue weighted by Gasteiger charge is -2.18. The van der Waals surface area contributed by atoms with E-state index in [2.05, 4.69) is 5.10 Å². The van der Waals surface area contributed by atoms with Crippen LogP contribution < -0.4 is 5.69 Å². The minimum atomic E-state index is -5.34. The van der Waals surface area contributed by atoms with Gasteiger partial charge in [0.15, 0.2) is 5.75 Å². The van der Waals surface area contributed by atoms with Gasteiger partial charge in [-0.3, -0.25) is 0 Å². The molecule has 0 amide bonds. The maximum Gasteiger partial charge on any atom is 0.439 e. The Morgan fingerprint density at radius 2 is 1.64 bits per heavy atom. The van der Waals surface area contributed by atoms with Crippen molar-refractivity contribution in [2.24, 2.45) is 0 Å². The first-order valence-corrected chi connectivity index (χ1v) is 7.44. The van der Waals surface area contributed by atoms with Crippen LogP contribution in [0.1, 0.15) is 31.9 Å². The van der Waals surface area contributed by atoms with Crippen LogP contribution in [0.2, 0.25) is 0 Å². The van der Waals surface area contributed by atoms with E-state index >= 15 is 0 Å². The summed E-state index contributed by atoms with van der Waals surface area (Å²) < 4.78 is 83.1. The molecule has 0 spiro atoms. The van der Waals surface area contributed by atoms with Gasteiger partial charge in [0.05, 0.1) is 11.3 Å². The fraction of sp³-hybridized carbons (Fsp3) is 0.400. The molecule has 0 bridgehead atoms. The van der Waals surface area contributed by atoms with Gasteiger partial charge in [0.1, 0.15) is 17.5 Å². The molecular weight excluding hydrogens is 400 g/mol. The Bertz CT molecular complexity index is 966. The number of benzene rings is 1. The van der Waals surface area contributed by atoms with E-state index < -0.39 is 52.3 Å². The maximum atomic E-state index is 13.0. The lowest BCUT2D eigenvalue weighted by molar-refractivity contribution is -0.143.